The third-order valence-electron chi connectivity index (χ3n) is 4.20. The maximum absolute atomic E-state index is 12.0. The van der Waals surface area contributed by atoms with Gasteiger partial charge in [-0.2, -0.15) is 0 Å². The first kappa shape index (κ1) is 11.2. The van der Waals surface area contributed by atoms with Gasteiger partial charge in [-0.3, -0.25) is 14.5 Å². The van der Waals surface area contributed by atoms with Gasteiger partial charge < -0.3 is 9.84 Å². The summed E-state index contributed by atoms with van der Waals surface area (Å²) < 4.78 is 5.36. The average molecular weight is 239 g/mol. The van der Waals surface area contributed by atoms with E-state index in [0.717, 1.165) is 12.8 Å². The predicted octanol–water partition coefficient (Wildman–Crippen LogP) is 0.0654. The monoisotopic (exact) mass is 239 g/mol. The van der Waals surface area contributed by atoms with E-state index in [2.05, 4.69) is 0 Å². The average Bonchev–Trinajstić information content (AvgIpc) is 2.92. The Morgan fingerprint density at radius 1 is 1.24 bits per heavy atom. The van der Waals surface area contributed by atoms with Crippen LogP contribution in [0.3, 0.4) is 0 Å². The number of nitrogens with zero attached hydrogens (tertiary/aromatic N) is 1. The van der Waals surface area contributed by atoms with Gasteiger partial charge in [0, 0.05) is 13.2 Å². The molecule has 3 fully saturated rings. The fourth-order valence-electron chi connectivity index (χ4n) is 2.85. The minimum atomic E-state index is -0.400. The van der Waals surface area contributed by atoms with Crippen LogP contribution in [0.5, 0.6) is 0 Å². The molecule has 0 aromatic rings. The molecule has 0 radical (unpaired) electrons. The molecule has 5 nitrogen and oxygen atoms in total. The molecule has 0 spiro atoms. The van der Waals surface area contributed by atoms with Gasteiger partial charge in [0.25, 0.3) is 11.8 Å². The summed E-state index contributed by atoms with van der Waals surface area (Å²) in [4.78, 5) is 25.4. The number of aliphatic hydroxyl groups is 1. The van der Waals surface area contributed by atoms with Gasteiger partial charge in [-0.1, -0.05) is 0 Å². The molecule has 2 aliphatic heterocycles. The van der Waals surface area contributed by atoms with Crippen molar-refractivity contribution in [3.05, 3.63) is 0 Å². The second kappa shape index (κ2) is 3.78. The highest BCUT2D eigenvalue weighted by Crippen LogP contribution is 2.49. The Bertz CT molecular complexity index is 342. The van der Waals surface area contributed by atoms with Gasteiger partial charge in [0.15, 0.2) is 0 Å². The zero-order valence-corrected chi connectivity index (χ0v) is 9.72. The molecule has 2 atom stereocenters. The molecular formula is C12H17NO4. The lowest BCUT2D eigenvalue weighted by molar-refractivity contribution is -0.169. The highest BCUT2D eigenvalue weighted by Gasteiger charge is 2.51. The van der Waals surface area contributed by atoms with Crippen molar-refractivity contribution in [2.75, 3.05) is 13.2 Å². The van der Waals surface area contributed by atoms with E-state index >= 15 is 0 Å². The van der Waals surface area contributed by atoms with Crippen molar-refractivity contribution in [1.29, 1.82) is 0 Å². The zero-order chi connectivity index (χ0) is 12.0. The van der Waals surface area contributed by atoms with Crippen molar-refractivity contribution in [3.63, 3.8) is 0 Å². The van der Waals surface area contributed by atoms with Crippen LogP contribution in [0, 0.1) is 5.41 Å². The minimum absolute atomic E-state index is 0.00313. The standard InChI is InChI=1S/C12H17NO4/c14-6-5-12(3-4-12)7-13-10(15)8-1-2-9(17-8)11(13)16/h8-9,14H,1-7H2. The van der Waals surface area contributed by atoms with Crippen LogP contribution in [0.15, 0.2) is 0 Å². The molecule has 1 saturated carbocycles. The third-order valence-corrected chi connectivity index (χ3v) is 4.20. The minimum Gasteiger partial charge on any atom is -0.396 e. The predicted molar refractivity (Wildman–Crippen MR) is 58.0 cm³/mol. The number of ether oxygens (including phenoxy) is 1. The summed E-state index contributed by atoms with van der Waals surface area (Å²) in [6.07, 6.45) is 3.21. The number of carbonyl (C=O) groups excluding carboxylic acids is 2. The smallest absolute Gasteiger partial charge is 0.258 e. The second-order valence-corrected chi connectivity index (χ2v) is 5.43. The van der Waals surface area contributed by atoms with Crippen molar-refractivity contribution in [3.8, 4) is 0 Å². The second-order valence-electron chi connectivity index (χ2n) is 5.43. The number of likely N-dealkylation sites (tertiary alicyclic amines) is 1. The molecule has 5 heteroatoms. The van der Waals surface area contributed by atoms with Crippen LogP contribution in [-0.4, -0.2) is 47.2 Å². The first-order valence-electron chi connectivity index (χ1n) is 6.27. The van der Waals surface area contributed by atoms with Crippen LogP contribution < -0.4 is 0 Å². The highest BCUT2D eigenvalue weighted by atomic mass is 16.5. The van der Waals surface area contributed by atoms with Gasteiger partial charge in [-0.25, -0.2) is 0 Å². The first-order chi connectivity index (χ1) is 8.15. The van der Waals surface area contributed by atoms with Crippen molar-refractivity contribution in [1.82, 2.24) is 4.90 Å². The Morgan fingerprint density at radius 3 is 2.29 bits per heavy atom. The molecular weight excluding hydrogens is 222 g/mol. The SMILES string of the molecule is O=C1C2CCC(O2)C(=O)N1CC1(CCO)CC1. The molecule has 3 rings (SSSR count). The Hall–Kier alpha value is -0.940. The summed E-state index contributed by atoms with van der Waals surface area (Å²) in [6.45, 7) is 0.598. The molecule has 1 N–H and O–H groups in total. The molecule has 0 aromatic heterocycles. The van der Waals surface area contributed by atoms with E-state index in [0.29, 0.717) is 25.8 Å². The molecule has 2 bridgehead atoms. The Balaban J connectivity index is 1.74. The summed E-state index contributed by atoms with van der Waals surface area (Å²) in [5.41, 5.74) is -0.00313. The number of morpholine rings is 1. The van der Waals surface area contributed by atoms with E-state index in [4.69, 9.17) is 9.84 Å². The van der Waals surface area contributed by atoms with Crippen molar-refractivity contribution in [2.24, 2.45) is 5.41 Å². The lowest BCUT2D eigenvalue weighted by Crippen LogP contribution is -2.53. The lowest BCUT2D eigenvalue weighted by atomic mass is 10.0. The largest absolute Gasteiger partial charge is 0.396 e. The molecule has 2 heterocycles. The van der Waals surface area contributed by atoms with Gasteiger partial charge >= 0.3 is 0 Å². The molecule has 3 aliphatic rings. The fourth-order valence-corrected chi connectivity index (χ4v) is 2.85. The summed E-state index contributed by atoms with van der Waals surface area (Å²) >= 11 is 0. The van der Waals surface area contributed by atoms with E-state index in [1.807, 2.05) is 0 Å². The number of carbonyl (C=O) groups is 2. The number of hydrogen-bond donors (Lipinski definition) is 1. The van der Waals surface area contributed by atoms with Crippen molar-refractivity contribution in [2.45, 2.75) is 44.3 Å². The van der Waals surface area contributed by atoms with Crippen LogP contribution in [0.1, 0.15) is 32.1 Å². The van der Waals surface area contributed by atoms with Gasteiger partial charge in [0.1, 0.15) is 12.2 Å². The molecule has 2 unspecified atom stereocenters. The number of aliphatic hydroxyl groups excluding tert-OH is 1. The van der Waals surface area contributed by atoms with E-state index in [1.165, 1.54) is 4.90 Å². The number of fused-ring (bicyclic) bond motifs is 2. The van der Waals surface area contributed by atoms with Gasteiger partial charge in [-0.05, 0) is 37.5 Å². The van der Waals surface area contributed by atoms with Crippen LogP contribution in [-0.2, 0) is 14.3 Å². The van der Waals surface area contributed by atoms with Crippen LogP contribution in [0.2, 0.25) is 0 Å². The fraction of sp³-hybridized carbons (Fsp3) is 0.833. The summed E-state index contributed by atoms with van der Waals surface area (Å²) in [5.74, 6) is -0.346. The summed E-state index contributed by atoms with van der Waals surface area (Å²) in [7, 11) is 0. The third kappa shape index (κ3) is 1.77. The maximum Gasteiger partial charge on any atom is 0.258 e. The maximum atomic E-state index is 12.0. The quantitative estimate of drug-likeness (QED) is 0.705. The zero-order valence-electron chi connectivity index (χ0n) is 9.72. The Morgan fingerprint density at radius 2 is 1.82 bits per heavy atom. The summed E-state index contributed by atoms with van der Waals surface area (Å²) in [6, 6.07) is 0. The Kier molecular flexibility index (Phi) is 2.48. The van der Waals surface area contributed by atoms with E-state index in [9.17, 15) is 9.59 Å². The molecule has 2 amide bonds. The van der Waals surface area contributed by atoms with Crippen LogP contribution >= 0.6 is 0 Å². The van der Waals surface area contributed by atoms with Gasteiger partial charge in [0.2, 0.25) is 0 Å². The lowest BCUT2D eigenvalue weighted by Gasteiger charge is -2.32. The number of amides is 2. The molecule has 2 saturated heterocycles. The van der Waals surface area contributed by atoms with E-state index < -0.39 is 12.2 Å². The normalized spacial score (nSPS) is 34.3. The molecule has 0 aromatic carbocycles. The summed E-state index contributed by atoms with van der Waals surface area (Å²) in [5, 5.41) is 9.01. The Labute approximate surface area is 99.7 Å². The molecule has 17 heavy (non-hydrogen) atoms. The molecule has 1 aliphatic carbocycles. The van der Waals surface area contributed by atoms with Gasteiger partial charge in [-0.15, -0.1) is 0 Å². The van der Waals surface area contributed by atoms with Crippen molar-refractivity contribution >= 4 is 11.8 Å². The highest BCUT2D eigenvalue weighted by molar-refractivity contribution is 6.02. The topological polar surface area (TPSA) is 66.8 Å². The first-order valence-corrected chi connectivity index (χ1v) is 6.27. The number of hydrogen-bond acceptors (Lipinski definition) is 4. The number of rotatable bonds is 4. The van der Waals surface area contributed by atoms with Crippen molar-refractivity contribution < 1.29 is 19.4 Å². The van der Waals surface area contributed by atoms with E-state index in [-0.39, 0.29) is 23.8 Å². The number of imide groups is 1. The molecule has 94 valence electrons. The van der Waals surface area contributed by atoms with Crippen LogP contribution in [0.4, 0.5) is 0 Å². The van der Waals surface area contributed by atoms with Gasteiger partial charge in [0.05, 0.1) is 0 Å². The van der Waals surface area contributed by atoms with E-state index in [1.54, 1.807) is 0 Å². The van der Waals surface area contributed by atoms with Crippen LogP contribution in [0.25, 0.3) is 0 Å².